The summed E-state index contributed by atoms with van der Waals surface area (Å²) in [5, 5.41) is 14.7. The molecule has 1 amide bonds. The molecule has 0 fully saturated rings. The molecule has 0 spiro atoms. The molecule has 0 radical (unpaired) electrons. The second-order valence-corrected chi connectivity index (χ2v) is 3.79. The Labute approximate surface area is 81.1 Å². The summed E-state index contributed by atoms with van der Waals surface area (Å²) in [5.74, 6) is -0.682. The average molecular weight is 206 g/mol. The first-order valence-electron chi connectivity index (χ1n) is 3.85. The van der Waals surface area contributed by atoms with Gasteiger partial charge in [-0.05, 0) is 6.92 Å². The van der Waals surface area contributed by atoms with Crippen molar-refractivity contribution in [1.29, 1.82) is 0 Å². The summed E-state index contributed by atoms with van der Waals surface area (Å²) in [7, 11) is 1.66. The first-order chi connectivity index (χ1) is 5.88. The Balaban J connectivity index is 3.02. The van der Waals surface area contributed by atoms with Crippen LogP contribution >= 0.6 is 11.6 Å². The van der Waals surface area contributed by atoms with Gasteiger partial charge in [0.25, 0.3) is 0 Å². The highest BCUT2D eigenvalue weighted by Crippen LogP contribution is 2.26. The maximum absolute atomic E-state index is 11.1. The maximum Gasteiger partial charge on any atom is 0.246 e. The molecule has 5 nitrogen and oxygen atoms in total. The summed E-state index contributed by atoms with van der Waals surface area (Å²) in [5.41, 5.74) is 5.35. The Hall–Kier alpha value is -0.810. The third-order valence-corrected chi connectivity index (χ3v) is 2.42. The van der Waals surface area contributed by atoms with Gasteiger partial charge in [-0.2, -0.15) is 5.10 Å². The van der Waals surface area contributed by atoms with Gasteiger partial charge in [-0.3, -0.25) is 9.80 Å². The number of nitrogens with zero attached hydrogens (tertiary/aromatic N) is 2. The van der Waals surface area contributed by atoms with Crippen LogP contribution in [0.25, 0.3) is 0 Å². The molecule has 74 valence electrons. The van der Waals surface area contributed by atoms with Crippen molar-refractivity contribution >= 4 is 23.2 Å². The van der Waals surface area contributed by atoms with Crippen LogP contribution in [0.3, 0.4) is 0 Å². The van der Waals surface area contributed by atoms with Crippen LogP contribution in [-0.2, 0) is 4.79 Å². The predicted octanol–water partition coefficient (Wildman–Crippen LogP) is -0.869. The largest absolute Gasteiger partial charge is 0.387 e. The number of hydrogen-bond donors (Lipinski definition) is 2. The third-order valence-electron chi connectivity index (χ3n) is 1.92. The number of alkyl halides is 1. The number of primary amides is 1. The minimum absolute atomic E-state index is 0.199. The molecular formula is C7H12ClN3O2. The number of aliphatic hydroxyl groups excluding tert-OH is 1. The smallest absolute Gasteiger partial charge is 0.246 e. The van der Waals surface area contributed by atoms with Gasteiger partial charge in [-0.15, -0.1) is 0 Å². The van der Waals surface area contributed by atoms with Crippen LogP contribution < -0.4 is 5.73 Å². The van der Waals surface area contributed by atoms with Crippen molar-refractivity contribution in [2.45, 2.75) is 17.9 Å². The molecule has 0 saturated heterocycles. The van der Waals surface area contributed by atoms with Crippen molar-refractivity contribution in [1.82, 2.24) is 5.01 Å². The van der Waals surface area contributed by atoms with Crippen LogP contribution in [0.4, 0.5) is 0 Å². The van der Waals surface area contributed by atoms with E-state index in [0.29, 0.717) is 0 Å². The number of amides is 1. The summed E-state index contributed by atoms with van der Waals surface area (Å²) in [6.45, 7) is 1.70. The van der Waals surface area contributed by atoms with E-state index in [0.717, 1.165) is 0 Å². The lowest BCUT2D eigenvalue weighted by atomic mass is 9.99. The number of rotatable bonds is 2. The molecule has 2 unspecified atom stereocenters. The van der Waals surface area contributed by atoms with E-state index >= 15 is 0 Å². The lowest BCUT2D eigenvalue weighted by Gasteiger charge is -2.20. The van der Waals surface area contributed by atoms with Gasteiger partial charge in [0.1, 0.15) is 0 Å². The van der Waals surface area contributed by atoms with Crippen LogP contribution in [0.1, 0.15) is 6.92 Å². The highest BCUT2D eigenvalue weighted by atomic mass is 35.5. The molecule has 2 atom stereocenters. The summed E-state index contributed by atoms with van der Waals surface area (Å²) in [4.78, 5) is 9.70. The standard InChI is InChI=1S/C7H12ClN3O2/c1-4(12)5-7(8,6(9)13)3-11(2)10-5/h4,12H,3H2,1-2H3,(H2,9,13). The normalized spacial score (nSPS) is 30.2. The van der Waals surface area contributed by atoms with Gasteiger partial charge in [-0.1, -0.05) is 11.6 Å². The SMILES string of the molecule is CC(O)C1=NN(C)CC1(Cl)C(N)=O. The van der Waals surface area contributed by atoms with E-state index in [9.17, 15) is 9.90 Å². The Morgan fingerprint density at radius 3 is 2.77 bits per heavy atom. The Bertz CT molecular complexity index is 266. The molecule has 1 heterocycles. The van der Waals surface area contributed by atoms with Crippen LogP contribution in [0, 0.1) is 0 Å². The van der Waals surface area contributed by atoms with Crippen LogP contribution in [0.2, 0.25) is 0 Å². The highest BCUT2D eigenvalue weighted by Gasteiger charge is 2.47. The van der Waals surface area contributed by atoms with Crippen molar-refractivity contribution in [3.8, 4) is 0 Å². The number of carbonyl (C=O) groups excluding carboxylic acids is 1. The third kappa shape index (κ3) is 1.62. The monoisotopic (exact) mass is 205 g/mol. The Morgan fingerprint density at radius 2 is 2.46 bits per heavy atom. The number of hydrogen-bond acceptors (Lipinski definition) is 4. The van der Waals surface area contributed by atoms with Crippen LogP contribution in [0.5, 0.6) is 0 Å². The summed E-state index contributed by atoms with van der Waals surface area (Å²) < 4.78 is 0. The number of carbonyl (C=O) groups is 1. The zero-order valence-corrected chi connectivity index (χ0v) is 8.25. The molecule has 13 heavy (non-hydrogen) atoms. The minimum atomic E-state index is -1.36. The highest BCUT2D eigenvalue weighted by molar-refractivity contribution is 6.48. The molecule has 0 saturated carbocycles. The van der Waals surface area contributed by atoms with Gasteiger partial charge in [0, 0.05) is 7.05 Å². The number of aliphatic hydroxyl groups is 1. The van der Waals surface area contributed by atoms with Crippen molar-refractivity contribution < 1.29 is 9.90 Å². The van der Waals surface area contributed by atoms with Crippen molar-refractivity contribution in [2.75, 3.05) is 13.6 Å². The summed E-state index contributed by atoms with van der Waals surface area (Å²) in [6, 6.07) is 0. The van der Waals surface area contributed by atoms with E-state index < -0.39 is 16.9 Å². The van der Waals surface area contributed by atoms with E-state index in [1.54, 1.807) is 7.05 Å². The van der Waals surface area contributed by atoms with Crippen molar-refractivity contribution in [3.05, 3.63) is 0 Å². The van der Waals surface area contributed by atoms with E-state index in [4.69, 9.17) is 17.3 Å². The molecule has 0 aromatic carbocycles. The quantitative estimate of drug-likeness (QED) is 0.576. The van der Waals surface area contributed by atoms with E-state index in [2.05, 4.69) is 5.10 Å². The lowest BCUT2D eigenvalue weighted by molar-refractivity contribution is -0.119. The van der Waals surface area contributed by atoms with Gasteiger partial charge in [-0.25, -0.2) is 0 Å². The fraction of sp³-hybridized carbons (Fsp3) is 0.714. The lowest BCUT2D eigenvalue weighted by Crippen LogP contribution is -2.50. The second kappa shape index (κ2) is 3.16. The van der Waals surface area contributed by atoms with E-state index in [-0.39, 0.29) is 12.3 Å². The molecule has 1 aliphatic rings. The zero-order chi connectivity index (χ0) is 10.2. The second-order valence-electron chi connectivity index (χ2n) is 3.14. The van der Waals surface area contributed by atoms with Gasteiger partial charge in [0.05, 0.1) is 18.4 Å². The molecule has 0 bridgehead atoms. The van der Waals surface area contributed by atoms with Gasteiger partial charge < -0.3 is 10.8 Å². The summed E-state index contributed by atoms with van der Waals surface area (Å²) in [6.07, 6.45) is -0.866. The average Bonchev–Trinajstić information content (AvgIpc) is 2.27. The Morgan fingerprint density at radius 1 is 1.92 bits per heavy atom. The van der Waals surface area contributed by atoms with E-state index in [1.807, 2.05) is 0 Å². The van der Waals surface area contributed by atoms with Crippen molar-refractivity contribution in [2.24, 2.45) is 10.8 Å². The molecule has 1 aliphatic heterocycles. The number of hydrazone groups is 1. The molecular weight excluding hydrogens is 194 g/mol. The van der Waals surface area contributed by atoms with Gasteiger partial charge in [0.2, 0.25) is 5.91 Å². The number of nitrogens with two attached hydrogens (primary N) is 1. The van der Waals surface area contributed by atoms with Crippen LogP contribution in [0.15, 0.2) is 5.10 Å². The van der Waals surface area contributed by atoms with E-state index in [1.165, 1.54) is 11.9 Å². The maximum atomic E-state index is 11.1. The molecule has 3 N–H and O–H groups in total. The first kappa shape index (κ1) is 10.3. The molecule has 0 aromatic rings. The van der Waals surface area contributed by atoms with Crippen LogP contribution in [-0.4, -0.2) is 46.3 Å². The molecule has 0 aliphatic carbocycles. The molecule has 1 rings (SSSR count). The van der Waals surface area contributed by atoms with Gasteiger partial charge in [0.15, 0.2) is 4.87 Å². The number of halogens is 1. The molecule has 6 heteroatoms. The fourth-order valence-electron chi connectivity index (χ4n) is 1.31. The Kier molecular flexibility index (Phi) is 2.49. The van der Waals surface area contributed by atoms with Gasteiger partial charge >= 0.3 is 0 Å². The first-order valence-corrected chi connectivity index (χ1v) is 4.22. The topological polar surface area (TPSA) is 78.9 Å². The fourth-order valence-corrected chi connectivity index (χ4v) is 1.68. The predicted molar refractivity (Wildman–Crippen MR) is 49.5 cm³/mol. The van der Waals surface area contributed by atoms with Crippen molar-refractivity contribution in [3.63, 3.8) is 0 Å². The summed E-state index contributed by atoms with van der Waals surface area (Å²) >= 11 is 5.95. The minimum Gasteiger partial charge on any atom is -0.387 e. The zero-order valence-electron chi connectivity index (χ0n) is 7.49. The molecule has 0 aromatic heterocycles.